The Kier molecular flexibility index (Phi) is 6.31. The predicted molar refractivity (Wildman–Crippen MR) is 119 cm³/mol. The molecule has 9 heteroatoms. The third-order valence-corrected chi connectivity index (χ3v) is 6.02. The molecule has 0 N–H and O–H groups in total. The molecule has 1 atom stereocenters. The normalized spacial score (nSPS) is 15.2. The van der Waals surface area contributed by atoms with Crippen molar-refractivity contribution < 1.29 is 23.1 Å². The van der Waals surface area contributed by atoms with Gasteiger partial charge >= 0.3 is 0 Å². The van der Waals surface area contributed by atoms with E-state index in [0.29, 0.717) is 48.5 Å². The van der Waals surface area contributed by atoms with Crippen molar-refractivity contribution in [2.24, 2.45) is 5.92 Å². The van der Waals surface area contributed by atoms with Gasteiger partial charge < -0.3 is 19.1 Å². The van der Waals surface area contributed by atoms with Gasteiger partial charge in [0.1, 0.15) is 11.8 Å². The average molecular weight is 456 g/mol. The highest BCUT2D eigenvalue weighted by Gasteiger charge is 2.33. The Balaban J connectivity index is 1.48. The lowest BCUT2D eigenvalue weighted by Crippen LogP contribution is -2.52. The van der Waals surface area contributed by atoms with Crippen molar-refractivity contribution in [3.05, 3.63) is 59.9 Å². The van der Waals surface area contributed by atoms with E-state index < -0.39 is 17.7 Å². The van der Waals surface area contributed by atoms with E-state index in [1.165, 1.54) is 6.33 Å². The first kappa shape index (κ1) is 22.7. The number of carbonyl (C=O) groups is 2. The van der Waals surface area contributed by atoms with Crippen LogP contribution in [0, 0.1) is 17.6 Å². The van der Waals surface area contributed by atoms with Crippen LogP contribution >= 0.6 is 0 Å². The molecule has 1 saturated heterocycles. The van der Waals surface area contributed by atoms with E-state index in [4.69, 9.17) is 4.74 Å². The van der Waals surface area contributed by atoms with Crippen LogP contribution in [0.25, 0.3) is 11.0 Å². The number of piperazine rings is 1. The minimum atomic E-state index is -0.982. The molecule has 0 bridgehead atoms. The molecule has 3 aromatic rings. The van der Waals surface area contributed by atoms with Gasteiger partial charge in [-0.05, 0) is 30.2 Å². The summed E-state index contributed by atoms with van der Waals surface area (Å²) in [4.78, 5) is 33.9. The first-order valence-corrected chi connectivity index (χ1v) is 10.8. The van der Waals surface area contributed by atoms with Crippen LogP contribution in [0.15, 0.2) is 42.7 Å². The highest BCUT2D eigenvalue weighted by atomic mass is 19.2. The van der Waals surface area contributed by atoms with Gasteiger partial charge in [-0.15, -0.1) is 0 Å². The van der Waals surface area contributed by atoms with Crippen LogP contribution in [0.2, 0.25) is 0 Å². The van der Waals surface area contributed by atoms with Gasteiger partial charge in [-0.2, -0.15) is 0 Å². The fourth-order valence-electron chi connectivity index (χ4n) is 4.20. The van der Waals surface area contributed by atoms with Crippen LogP contribution in [0.1, 0.15) is 30.2 Å². The Labute approximate surface area is 190 Å². The molecule has 1 aromatic heterocycles. The summed E-state index contributed by atoms with van der Waals surface area (Å²) in [7, 11) is 1.57. The number of hydrogen-bond donors (Lipinski definition) is 0. The molecule has 7 nitrogen and oxygen atoms in total. The number of aromatic nitrogens is 2. The molecule has 1 unspecified atom stereocenters. The Morgan fingerprint density at radius 2 is 1.58 bits per heavy atom. The molecule has 2 amide bonds. The van der Waals surface area contributed by atoms with Gasteiger partial charge in [-0.3, -0.25) is 9.59 Å². The zero-order valence-corrected chi connectivity index (χ0v) is 18.8. The third-order valence-electron chi connectivity index (χ3n) is 6.02. The average Bonchev–Trinajstić information content (AvgIpc) is 3.20. The molecule has 0 spiro atoms. The second kappa shape index (κ2) is 9.17. The summed E-state index contributed by atoms with van der Waals surface area (Å²) in [5.74, 6) is -1.62. The summed E-state index contributed by atoms with van der Waals surface area (Å²) in [6.07, 6.45) is 1.45. The maximum atomic E-state index is 13.9. The van der Waals surface area contributed by atoms with E-state index in [-0.39, 0.29) is 17.7 Å². The van der Waals surface area contributed by atoms with Crippen LogP contribution in [0.5, 0.6) is 5.75 Å². The summed E-state index contributed by atoms with van der Waals surface area (Å²) in [5.41, 5.74) is 1.23. The zero-order valence-electron chi connectivity index (χ0n) is 18.8. The number of hydrogen-bond acceptors (Lipinski definition) is 4. The van der Waals surface area contributed by atoms with Gasteiger partial charge in [-0.1, -0.05) is 13.8 Å². The van der Waals surface area contributed by atoms with Crippen LogP contribution in [0.3, 0.4) is 0 Å². The van der Waals surface area contributed by atoms with Crippen molar-refractivity contribution in [1.82, 2.24) is 19.4 Å². The maximum absolute atomic E-state index is 13.9. The number of ether oxygens (including phenoxy) is 1. The maximum Gasteiger partial charge on any atom is 0.253 e. The van der Waals surface area contributed by atoms with Crippen LogP contribution in [-0.4, -0.2) is 64.5 Å². The Hall–Kier alpha value is -3.49. The number of carbonyl (C=O) groups excluding carboxylic acids is 2. The largest absolute Gasteiger partial charge is 0.497 e. The van der Waals surface area contributed by atoms with Gasteiger partial charge in [0.05, 0.1) is 24.5 Å². The molecule has 0 aliphatic carbocycles. The summed E-state index contributed by atoms with van der Waals surface area (Å²) >= 11 is 0. The minimum absolute atomic E-state index is 0.0942. The molecule has 2 aromatic carbocycles. The monoisotopic (exact) mass is 456 g/mol. The van der Waals surface area contributed by atoms with Gasteiger partial charge in [0.2, 0.25) is 5.91 Å². The first-order valence-electron chi connectivity index (χ1n) is 10.8. The Morgan fingerprint density at radius 1 is 0.970 bits per heavy atom. The number of fused-ring (bicyclic) bond motifs is 1. The SMILES string of the molecule is COc1ccc(C(=O)N2CCN(C(=O)C(C(C)C)n3cnc4cc(F)c(F)cc43)CC2)cc1. The van der Waals surface area contributed by atoms with Crippen LogP contribution in [0.4, 0.5) is 8.78 Å². The predicted octanol–water partition coefficient (Wildman–Crippen LogP) is 3.50. The third kappa shape index (κ3) is 4.40. The summed E-state index contributed by atoms with van der Waals surface area (Å²) < 4.78 is 34.2. The number of nitrogens with zero attached hydrogens (tertiary/aromatic N) is 4. The number of halogens is 2. The van der Waals surface area contributed by atoms with Crippen molar-refractivity contribution in [2.75, 3.05) is 33.3 Å². The van der Waals surface area contributed by atoms with Gasteiger partial charge in [0.25, 0.3) is 5.91 Å². The quantitative estimate of drug-likeness (QED) is 0.589. The Bertz CT molecular complexity index is 1170. The van der Waals surface area contributed by atoms with Crippen LogP contribution < -0.4 is 4.74 Å². The van der Waals surface area contributed by atoms with Crippen molar-refractivity contribution in [3.63, 3.8) is 0 Å². The second-order valence-electron chi connectivity index (χ2n) is 8.44. The molecule has 2 heterocycles. The molecule has 1 fully saturated rings. The van der Waals surface area contributed by atoms with Crippen molar-refractivity contribution in [3.8, 4) is 5.75 Å². The lowest BCUT2D eigenvalue weighted by atomic mass is 10.0. The van der Waals surface area contributed by atoms with Gasteiger partial charge in [0, 0.05) is 43.9 Å². The second-order valence-corrected chi connectivity index (χ2v) is 8.44. The lowest BCUT2D eigenvalue weighted by molar-refractivity contribution is -0.137. The van der Waals surface area contributed by atoms with E-state index >= 15 is 0 Å². The van der Waals surface area contributed by atoms with E-state index in [2.05, 4.69) is 4.98 Å². The smallest absolute Gasteiger partial charge is 0.253 e. The number of imidazole rings is 1. The molecular weight excluding hydrogens is 430 g/mol. The Morgan fingerprint density at radius 3 is 2.18 bits per heavy atom. The summed E-state index contributed by atoms with van der Waals surface area (Å²) in [6.45, 7) is 5.40. The van der Waals surface area contributed by atoms with Crippen molar-refractivity contribution in [1.29, 1.82) is 0 Å². The summed E-state index contributed by atoms with van der Waals surface area (Å²) in [6, 6.07) is 8.41. The molecule has 33 heavy (non-hydrogen) atoms. The molecule has 0 saturated carbocycles. The molecule has 1 aliphatic rings. The van der Waals surface area contributed by atoms with Crippen molar-refractivity contribution in [2.45, 2.75) is 19.9 Å². The van der Waals surface area contributed by atoms with Crippen LogP contribution in [-0.2, 0) is 4.79 Å². The number of methoxy groups -OCH3 is 1. The van der Waals surface area contributed by atoms with Gasteiger partial charge in [-0.25, -0.2) is 13.8 Å². The van der Waals surface area contributed by atoms with Crippen molar-refractivity contribution >= 4 is 22.8 Å². The molecule has 0 radical (unpaired) electrons. The van der Waals surface area contributed by atoms with E-state index in [1.54, 1.807) is 45.7 Å². The standard InChI is InChI=1S/C24H26F2N4O3/c1-15(2)22(30-14-27-20-12-18(25)19(26)13-21(20)30)24(32)29-10-8-28(9-11-29)23(31)16-4-6-17(33-3)7-5-16/h4-7,12-15,22H,8-11H2,1-3H3. The molecule has 4 rings (SSSR count). The highest BCUT2D eigenvalue weighted by molar-refractivity contribution is 5.94. The van der Waals surface area contributed by atoms with E-state index in [9.17, 15) is 18.4 Å². The zero-order chi connectivity index (χ0) is 23.7. The number of benzene rings is 2. The minimum Gasteiger partial charge on any atom is -0.497 e. The summed E-state index contributed by atoms with van der Waals surface area (Å²) in [5, 5.41) is 0. The molecule has 1 aliphatic heterocycles. The lowest BCUT2D eigenvalue weighted by Gasteiger charge is -2.37. The topological polar surface area (TPSA) is 67.7 Å². The fourth-order valence-corrected chi connectivity index (χ4v) is 4.20. The van der Waals surface area contributed by atoms with Gasteiger partial charge in [0.15, 0.2) is 11.6 Å². The van der Waals surface area contributed by atoms with E-state index in [1.807, 2.05) is 13.8 Å². The number of rotatable bonds is 5. The fraction of sp³-hybridized carbons (Fsp3) is 0.375. The van der Waals surface area contributed by atoms with E-state index in [0.717, 1.165) is 12.1 Å². The molecule has 174 valence electrons. The first-order chi connectivity index (χ1) is 15.8. The number of amides is 2. The highest BCUT2D eigenvalue weighted by Crippen LogP contribution is 2.27. The molecular formula is C24H26F2N4O3.